The number of rotatable bonds is 5. The van der Waals surface area contributed by atoms with Gasteiger partial charge in [-0.3, -0.25) is 9.89 Å². The summed E-state index contributed by atoms with van der Waals surface area (Å²) < 4.78 is 5.28. The van der Waals surface area contributed by atoms with E-state index in [4.69, 9.17) is 4.52 Å². The maximum atomic E-state index is 12.9. The van der Waals surface area contributed by atoms with Crippen molar-refractivity contribution in [1.29, 1.82) is 0 Å². The molecule has 0 unspecified atom stereocenters. The van der Waals surface area contributed by atoms with Crippen LogP contribution in [-0.2, 0) is 6.42 Å². The van der Waals surface area contributed by atoms with Gasteiger partial charge < -0.3 is 9.42 Å². The number of aromatic amines is 1. The topological polar surface area (TPSA) is 75.0 Å². The number of likely N-dealkylation sites (tertiary alicyclic amines) is 1. The van der Waals surface area contributed by atoms with Gasteiger partial charge in [0.2, 0.25) is 0 Å². The van der Waals surface area contributed by atoms with Gasteiger partial charge in [0.25, 0.3) is 5.91 Å². The number of piperidine rings is 1. The first-order valence-corrected chi connectivity index (χ1v) is 9.59. The molecule has 4 rings (SSSR count). The number of benzene rings is 1. The Morgan fingerprint density at radius 3 is 3.00 bits per heavy atom. The Hall–Kier alpha value is -2.89. The van der Waals surface area contributed by atoms with Crippen LogP contribution in [-0.4, -0.2) is 39.3 Å². The lowest BCUT2D eigenvalue weighted by atomic mass is 9.90. The average molecular weight is 364 g/mol. The number of nitrogens with one attached hydrogen (secondary N) is 1. The zero-order valence-electron chi connectivity index (χ0n) is 15.5. The molecule has 1 N–H and O–H groups in total. The highest BCUT2D eigenvalue weighted by Crippen LogP contribution is 2.33. The lowest BCUT2D eigenvalue weighted by Crippen LogP contribution is -2.39. The van der Waals surface area contributed by atoms with Crippen molar-refractivity contribution in [2.45, 2.75) is 38.5 Å². The average Bonchev–Trinajstić information content (AvgIpc) is 3.38. The minimum absolute atomic E-state index is 0.0495. The third-order valence-corrected chi connectivity index (χ3v) is 5.14. The van der Waals surface area contributed by atoms with Crippen LogP contribution in [0.25, 0.3) is 11.1 Å². The molecular formula is C21H24N4O2. The third kappa shape index (κ3) is 3.65. The van der Waals surface area contributed by atoms with Crippen molar-refractivity contribution in [3.05, 3.63) is 59.7 Å². The molecule has 3 heterocycles. The van der Waals surface area contributed by atoms with Gasteiger partial charge in [0.1, 0.15) is 5.76 Å². The van der Waals surface area contributed by atoms with Crippen molar-refractivity contribution in [3.63, 3.8) is 0 Å². The van der Waals surface area contributed by atoms with Gasteiger partial charge in [0.05, 0.1) is 6.20 Å². The second-order valence-corrected chi connectivity index (χ2v) is 7.08. The first kappa shape index (κ1) is 17.5. The van der Waals surface area contributed by atoms with E-state index in [0.29, 0.717) is 12.2 Å². The van der Waals surface area contributed by atoms with Gasteiger partial charge in [0.15, 0.2) is 5.69 Å². The Morgan fingerprint density at radius 2 is 2.19 bits per heavy atom. The first-order chi connectivity index (χ1) is 13.3. The normalized spacial score (nSPS) is 17.2. The third-order valence-electron chi connectivity index (χ3n) is 5.14. The Kier molecular flexibility index (Phi) is 5.05. The van der Waals surface area contributed by atoms with Crippen LogP contribution in [0.4, 0.5) is 0 Å². The number of H-pyrrole nitrogens is 1. The monoisotopic (exact) mass is 364 g/mol. The van der Waals surface area contributed by atoms with Crippen LogP contribution >= 0.6 is 0 Å². The Labute approximate surface area is 158 Å². The number of nitrogens with zero attached hydrogens (tertiary/aromatic N) is 3. The fraction of sp³-hybridized carbons (Fsp3) is 0.381. The molecule has 1 amide bonds. The molecule has 0 saturated carbocycles. The van der Waals surface area contributed by atoms with E-state index in [1.54, 1.807) is 6.07 Å². The van der Waals surface area contributed by atoms with Gasteiger partial charge in [0, 0.05) is 42.8 Å². The summed E-state index contributed by atoms with van der Waals surface area (Å²) in [5.41, 5.74) is 3.77. The molecule has 1 aromatic carbocycles. The molecule has 6 heteroatoms. The number of aryl methyl sites for hydroxylation is 1. The van der Waals surface area contributed by atoms with E-state index in [9.17, 15) is 4.79 Å². The summed E-state index contributed by atoms with van der Waals surface area (Å²) >= 11 is 0. The van der Waals surface area contributed by atoms with Crippen molar-refractivity contribution < 1.29 is 9.32 Å². The molecule has 1 atom stereocenters. The summed E-state index contributed by atoms with van der Waals surface area (Å²) in [6, 6.07) is 12.0. The van der Waals surface area contributed by atoms with Crippen LogP contribution in [0.1, 0.15) is 54.0 Å². The molecule has 0 spiro atoms. The van der Waals surface area contributed by atoms with Gasteiger partial charge in [-0.2, -0.15) is 5.10 Å². The lowest BCUT2D eigenvalue weighted by Gasteiger charge is -2.32. The predicted octanol–water partition coefficient (Wildman–Crippen LogP) is 4.04. The van der Waals surface area contributed by atoms with E-state index < -0.39 is 0 Å². The molecule has 140 valence electrons. The van der Waals surface area contributed by atoms with Crippen LogP contribution in [0, 0.1) is 0 Å². The molecule has 0 bridgehead atoms. The van der Waals surface area contributed by atoms with E-state index in [2.05, 4.69) is 34.4 Å². The van der Waals surface area contributed by atoms with E-state index >= 15 is 0 Å². The number of hydrogen-bond donors (Lipinski definition) is 1. The highest BCUT2D eigenvalue weighted by molar-refractivity contribution is 5.92. The zero-order valence-corrected chi connectivity index (χ0v) is 15.5. The second kappa shape index (κ2) is 7.78. The van der Waals surface area contributed by atoms with Crippen molar-refractivity contribution in [2.75, 3.05) is 13.1 Å². The van der Waals surface area contributed by atoms with Crippen LogP contribution in [0.15, 0.2) is 47.1 Å². The minimum Gasteiger partial charge on any atom is -0.361 e. The van der Waals surface area contributed by atoms with Crippen LogP contribution in [0.3, 0.4) is 0 Å². The van der Waals surface area contributed by atoms with Crippen LogP contribution < -0.4 is 0 Å². The van der Waals surface area contributed by atoms with Crippen molar-refractivity contribution in [3.8, 4) is 11.1 Å². The number of carbonyl (C=O) groups is 1. The molecule has 1 aliphatic rings. The molecule has 6 nitrogen and oxygen atoms in total. The van der Waals surface area contributed by atoms with E-state index in [1.807, 2.05) is 29.3 Å². The number of aromatic nitrogens is 3. The number of hydrogen-bond acceptors (Lipinski definition) is 4. The zero-order chi connectivity index (χ0) is 18.6. The minimum atomic E-state index is -0.0495. The number of carbonyl (C=O) groups excluding carboxylic acids is 1. The van der Waals surface area contributed by atoms with Gasteiger partial charge in [-0.25, -0.2) is 0 Å². The second-order valence-electron chi connectivity index (χ2n) is 7.08. The molecule has 1 saturated heterocycles. The quantitative estimate of drug-likeness (QED) is 0.741. The fourth-order valence-corrected chi connectivity index (χ4v) is 3.79. The van der Waals surface area contributed by atoms with Gasteiger partial charge in [-0.15, -0.1) is 0 Å². The molecule has 0 aliphatic carbocycles. The fourth-order valence-electron chi connectivity index (χ4n) is 3.79. The summed E-state index contributed by atoms with van der Waals surface area (Å²) in [5.74, 6) is 0.961. The molecule has 3 aromatic rings. The molecular weight excluding hydrogens is 340 g/mol. The summed E-state index contributed by atoms with van der Waals surface area (Å²) in [4.78, 5) is 14.8. The highest BCUT2D eigenvalue weighted by atomic mass is 16.5. The maximum absolute atomic E-state index is 12.9. The molecule has 1 fully saturated rings. The summed E-state index contributed by atoms with van der Waals surface area (Å²) in [6.45, 7) is 3.49. The van der Waals surface area contributed by atoms with Crippen LogP contribution in [0.5, 0.6) is 0 Å². The Balaban J connectivity index is 1.52. The summed E-state index contributed by atoms with van der Waals surface area (Å²) in [6.07, 6.45) is 5.64. The van der Waals surface area contributed by atoms with Crippen molar-refractivity contribution in [2.24, 2.45) is 0 Å². The van der Waals surface area contributed by atoms with Gasteiger partial charge in [-0.05, 0) is 24.8 Å². The van der Waals surface area contributed by atoms with Gasteiger partial charge in [-0.1, -0.05) is 42.4 Å². The standard InChI is InChI=1S/C21H24N4O2/c1-2-7-17-12-19(24-27-17)21(26)25-11-6-10-16(14-25)20-18(13-22-23-20)15-8-4-3-5-9-15/h3-5,8-9,12-13,16H,2,6-7,10-11,14H2,1H3,(H,22,23)/t16-/m0/s1. The van der Waals surface area contributed by atoms with E-state index in [1.165, 1.54) is 0 Å². The lowest BCUT2D eigenvalue weighted by molar-refractivity contribution is 0.0695. The molecule has 2 aromatic heterocycles. The van der Waals surface area contributed by atoms with E-state index in [-0.39, 0.29) is 11.8 Å². The summed E-state index contributed by atoms with van der Waals surface area (Å²) in [5, 5.41) is 11.4. The molecule has 0 radical (unpaired) electrons. The smallest absolute Gasteiger partial charge is 0.276 e. The van der Waals surface area contributed by atoms with Crippen molar-refractivity contribution >= 4 is 5.91 Å². The summed E-state index contributed by atoms with van der Waals surface area (Å²) in [7, 11) is 0. The molecule has 1 aliphatic heterocycles. The Bertz CT molecular complexity index is 900. The number of amides is 1. The predicted molar refractivity (Wildman–Crippen MR) is 102 cm³/mol. The van der Waals surface area contributed by atoms with E-state index in [0.717, 1.165) is 54.8 Å². The first-order valence-electron chi connectivity index (χ1n) is 9.59. The largest absolute Gasteiger partial charge is 0.361 e. The van der Waals surface area contributed by atoms with Crippen LogP contribution in [0.2, 0.25) is 0 Å². The SMILES string of the molecule is CCCc1cc(C(=O)N2CCC[C@H](c3[nH]ncc3-c3ccccc3)C2)no1. The molecule has 27 heavy (non-hydrogen) atoms. The van der Waals surface area contributed by atoms with Gasteiger partial charge >= 0.3 is 0 Å². The highest BCUT2D eigenvalue weighted by Gasteiger charge is 2.29. The van der Waals surface area contributed by atoms with Crippen molar-refractivity contribution in [1.82, 2.24) is 20.3 Å². The Morgan fingerprint density at radius 1 is 1.33 bits per heavy atom. The maximum Gasteiger partial charge on any atom is 0.276 e.